The number of ether oxygens (including phenoxy) is 1. The van der Waals surface area contributed by atoms with Gasteiger partial charge >= 0.3 is 0 Å². The molecule has 3 N–H and O–H groups in total. The number of carbonyl (C=O) groups is 2. The van der Waals surface area contributed by atoms with Crippen LogP contribution in [0.25, 0.3) is 0 Å². The maximum Gasteiger partial charge on any atom is 0.229 e. The molecule has 10 heteroatoms. The van der Waals surface area contributed by atoms with Gasteiger partial charge < -0.3 is 9.84 Å². The lowest BCUT2D eigenvalue weighted by Crippen LogP contribution is -2.41. The smallest absolute Gasteiger partial charge is 0.229 e. The van der Waals surface area contributed by atoms with Crippen LogP contribution < -0.4 is 14.8 Å². The van der Waals surface area contributed by atoms with Crippen molar-refractivity contribution in [1.82, 2.24) is 10.0 Å². The van der Waals surface area contributed by atoms with Crippen LogP contribution in [0.1, 0.15) is 63.9 Å². The largest absolute Gasteiger partial charge is 0.490 e. The molecule has 3 rings (SSSR count). The second-order valence-corrected chi connectivity index (χ2v) is 11.0. The summed E-state index contributed by atoms with van der Waals surface area (Å²) in [5.74, 6) is -0.983. The molecule has 0 aromatic heterocycles. The van der Waals surface area contributed by atoms with Crippen molar-refractivity contribution in [3.8, 4) is 5.75 Å². The van der Waals surface area contributed by atoms with Gasteiger partial charge in [0.2, 0.25) is 21.8 Å². The normalized spacial score (nSPS) is 20.9. The Bertz CT molecular complexity index is 966. The maximum absolute atomic E-state index is 14.1. The predicted octanol–water partition coefficient (Wildman–Crippen LogP) is 2.35. The number of hydrogen-bond acceptors (Lipinski definition) is 6. The minimum atomic E-state index is -3.66. The van der Waals surface area contributed by atoms with Crippen molar-refractivity contribution in [3.05, 3.63) is 29.6 Å². The van der Waals surface area contributed by atoms with Gasteiger partial charge in [-0.25, -0.2) is 17.5 Å². The van der Waals surface area contributed by atoms with E-state index in [2.05, 4.69) is 10.0 Å². The van der Waals surface area contributed by atoms with Crippen molar-refractivity contribution in [2.24, 2.45) is 11.8 Å². The van der Waals surface area contributed by atoms with E-state index < -0.39 is 21.4 Å². The summed E-state index contributed by atoms with van der Waals surface area (Å²) in [5.41, 5.74) is -1.12. The topological polar surface area (TPSA) is 122 Å². The van der Waals surface area contributed by atoms with E-state index in [1.165, 1.54) is 18.2 Å². The molecular formula is C23H33FN2O6S. The number of carbonyl (C=O) groups excluding carboxylic acids is 2. The molecule has 1 aromatic rings. The molecule has 0 bridgehead atoms. The van der Waals surface area contributed by atoms with Crippen molar-refractivity contribution in [3.63, 3.8) is 0 Å². The number of amides is 2. The Kier molecular flexibility index (Phi) is 8.47. The SMILES string of the molecule is CC[C@@](O)(CNS(=O)(=O)CCCCC1CCC(=O)NC1=O)c1ccc(F)c(OCC2CC2)c1. The Hall–Kier alpha value is -2.04. The van der Waals surface area contributed by atoms with Gasteiger partial charge in [0.05, 0.1) is 12.4 Å². The molecule has 1 aliphatic heterocycles. The first-order valence-electron chi connectivity index (χ1n) is 11.6. The summed E-state index contributed by atoms with van der Waals surface area (Å²) in [7, 11) is -3.66. The van der Waals surface area contributed by atoms with Crippen LogP contribution in [-0.4, -0.2) is 44.2 Å². The second kappa shape index (κ2) is 10.9. The van der Waals surface area contributed by atoms with Crippen LogP contribution in [0.15, 0.2) is 18.2 Å². The van der Waals surface area contributed by atoms with Gasteiger partial charge in [0.15, 0.2) is 11.6 Å². The molecule has 1 aromatic carbocycles. The maximum atomic E-state index is 14.1. The third kappa shape index (κ3) is 7.48. The number of unbranched alkanes of at least 4 members (excludes halogenated alkanes) is 1. The van der Waals surface area contributed by atoms with E-state index in [0.717, 1.165) is 12.8 Å². The molecule has 2 atom stereocenters. The van der Waals surface area contributed by atoms with Gasteiger partial charge in [0.1, 0.15) is 5.60 Å². The van der Waals surface area contributed by atoms with E-state index in [0.29, 0.717) is 50.2 Å². The molecule has 1 saturated heterocycles. The number of halogens is 1. The van der Waals surface area contributed by atoms with E-state index in [1.807, 2.05) is 0 Å². The molecule has 1 saturated carbocycles. The van der Waals surface area contributed by atoms with Crippen LogP contribution in [0.3, 0.4) is 0 Å². The summed E-state index contributed by atoms with van der Waals surface area (Å²) in [6.07, 6.45) is 4.56. The van der Waals surface area contributed by atoms with Crippen molar-refractivity contribution in [1.29, 1.82) is 0 Å². The van der Waals surface area contributed by atoms with Crippen molar-refractivity contribution in [2.75, 3.05) is 18.9 Å². The van der Waals surface area contributed by atoms with Gasteiger partial charge in [-0.3, -0.25) is 14.9 Å². The predicted molar refractivity (Wildman–Crippen MR) is 120 cm³/mol. The number of benzene rings is 1. The van der Waals surface area contributed by atoms with E-state index >= 15 is 0 Å². The number of piperidine rings is 1. The molecule has 0 radical (unpaired) electrons. The summed E-state index contributed by atoms with van der Waals surface area (Å²) in [4.78, 5) is 23.0. The first-order valence-corrected chi connectivity index (χ1v) is 13.2. The van der Waals surface area contributed by atoms with Gasteiger partial charge in [-0.2, -0.15) is 0 Å². The second-order valence-electron chi connectivity index (χ2n) is 9.07. The zero-order valence-corrected chi connectivity index (χ0v) is 19.8. The average molecular weight is 485 g/mol. The van der Waals surface area contributed by atoms with E-state index in [1.54, 1.807) is 6.92 Å². The summed E-state index contributed by atoms with van der Waals surface area (Å²) < 4.78 is 47.0. The lowest BCUT2D eigenvalue weighted by molar-refractivity contribution is -0.136. The standard InChI is InChI=1S/C23H33FN2O6S/c1-2-23(29,18-9-10-19(24)20(13-18)32-14-16-6-7-16)15-25-33(30,31)12-4-3-5-17-8-11-21(27)26-22(17)28/h9-10,13,16-17,25,29H,2-8,11-12,14-15H2,1H3,(H,26,27,28)/t17?,23-/m1/s1. The minimum absolute atomic E-state index is 0.0579. The Balaban J connectivity index is 1.50. The molecule has 33 heavy (non-hydrogen) atoms. The number of sulfonamides is 1. The summed E-state index contributed by atoms with van der Waals surface area (Å²) in [6.45, 7) is 1.91. The number of aliphatic hydroxyl groups is 1. The molecule has 2 aliphatic rings. The highest BCUT2D eigenvalue weighted by Gasteiger charge is 2.31. The molecular weight excluding hydrogens is 451 g/mol. The van der Waals surface area contributed by atoms with E-state index in [9.17, 15) is 27.5 Å². The van der Waals surface area contributed by atoms with E-state index in [4.69, 9.17) is 4.74 Å². The number of imide groups is 1. The van der Waals surface area contributed by atoms with Crippen LogP contribution >= 0.6 is 0 Å². The fourth-order valence-corrected chi connectivity index (χ4v) is 5.01. The Morgan fingerprint density at radius 3 is 2.67 bits per heavy atom. The van der Waals surface area contributed by atoms with Gasteiger partial charge in [-0.05, 0) is 62.1 Å². The monoisotopic (exact) mass is 484 g/mol. The number of rotatable bonds is 13. The molecule has 1 unspecified atom stereocenters. The Morgan fingerprint density at radius 1 is 1.24 bits per heavy atom. The van der Waals surface area contributed by atoms with Crippen LogP contribution in [0.4, 0.5) is 4.39 Å². The summed E-state index contributed by atoms with van der Waals surface area (Å²) in [5, 5.41) is 13.4. The molecule has 0 spiro atoms. The lowest BCUT2D eigenvalue weighted by atomic mass is 9.91. The van der Waals surface area contributed by atoms with Crippen LogP contribution in [0, 0.1) is 17.7 Å². The van der Waals surface area contributed by atoms with Crippen LogP contribution in [-0.2, 0) is 25.2 Å². The van der Waals surface area contributed by atoms with Crippen molar-refractivity contribution < 1.29 is 32.2 Å². The quantitative estimate of drug-likeness (QED) is 0.292. The molecule has 1 heterocycles. The highest BCUT2D eigenvalue weighted by molar-refractivity contribution is 7.89. The molecule has 2 fully saturated rings. The Labute approximate surface area is 194 Å². The first kappa shape index (κ1) is 25.6. The minimum Gasteiger partial charge on any atom is -0.490 e. The summed E-state index contributed by atoms with van der Waals surface area (Å²) >= 11 is 0. The van der Waals surface area contributed by atoms with Gasteiger partial charge in [0.25, 0.3) is 0 Å². The van der Waals surface area contributed by atoms with Crippen molar-refractivity contribution in [2.45, 2.75) is 63.9 Å². The molecule has 8 nitrogen and oxygen atoms in total. The number of hydrogen-bond donors (Lipinski definition) is 3. The highest BCUT2D eigenvalue weighted by Crippen LogP contribution is 2.33. The van der Waals surface area contributed by atoms with Gasteiger partial charge in [-0.1, -0.05) is 19.4 Å². The highest BCUT2D eigenvalue weighted by atomic mass is 32.2. The molecule has 1 aliphatic carbocycles. The van der Waals surface area contributed by atoms with Gasteiger partial charge in [-0.15, -0.1) is 0 Å². The zero-order chi connectivity index (χ0) is 24.1. The van der Waals surface area contributed by atoms with Crippen LogP contribution in [0.5, 0.6) is 5.75 Å². The van der Waals surface area contributed by atoms with E-state index in [-0.39, 0.29) is 42.2 Å². The fraction of sp³-hybridized carbons (Fsp3) is 0.652. The molecule has 2 amide bonds. The van der Waals surface area contributed by atoms with Crippen LogP contribution in [0.2, 0.25) is 0 Å². The Morgan fingerprint density at radius 2 is 2.00 bits per heavy atom. The fourth-order valence-electron chi connectivity index (χ4n) is 3.82. The average Bonchev–Trinajstić information content (AvgIpc) is 3.60. The lowest BCUT2D eigenvalue weighted by Gasteiger charge is -2.28. The zero-order valence-electron chi connectivity index (χ0n) is 18.9. The van der Waals surface area contributed by atoms with Gasteiger partial charge in [0, 0.05) is 18.9 Å². The first-order chi connectivity index (χ1) is 15.6. The molecule has 184 valence electrons. The third-order valence-electron chi connectivity index (χ3n) is 6.38. The number of nitrogens with one attached hydrogen (secondary N) is 2. The summed E-state index contributed by atoms with van der Waals surface area (Å²) in [6, 6.07) is 4.11. The van der Waals surface area contributed by atoms with Crippen molar-refractivity contribution >= 4 is 21.8 Å². The third-order valence-corrected chi connectivity index (χ3v) is 7.79.